The lowest BCUT2D eigenvalue weighted by atomic mass is 10.1. The minimum Gasteiger partial charge on any atom is -0.467 e. The summed E-state index contributed by atoms with van der Waals surface area (Å²) in [4.78, 5) is 23.2. The Kier molecular flexibility index (Phi) is 6.84. The van der Waals surface area contributed by atoms with Crippen LogP contribution in [0.15, 0.2) is 24.3 Å². The van der Waals surface area contributed by atoms with Crippen LogP contribution in [-0.2, 0) is 20.9 Å². The molecule has 1 amide bonds. The molecule has 1 rings (SSSR count). The largest absolute Gasteiger partial charge is 0.467 e. The van der Waals surface area contributed by atoms with Crippen molar-refractivity contribution in [1.29, 1.82) is 0 Å². The topological polar surface area (TPSA) is 84.9 Å². The number of carbonyl (C=O) groups is 2. The second-order valence-electron chi connectivity index (χ2n) is 4.79. The molecule has 2 N–H and O–H groups in total. The number of ether oxygens (including phenoxy) is 2. The number of methoxy groups -OCH3 is 1. The molecule has 0 saturated heterocycles. The molecule has 0 fully saturated rings. The molecule has 0 bridgehead atoms. The molecule has 0 radical (unpaired) electrons. The molecule has 0 unspecified atom stereocenters. The molecule has 0 aromatic heterocycles. The number of amides is 1. The maximum atomic E-state index is 12.0. The SMILES string of the molecule is COC(=O)[C@H](CO)NC(=O)c1ccc(COC(C)C)cc1. The van der Waals surface area contributed by atoms with Gasteiger partial charge in [0.2, 0.25) is 0 Å². The fourth-order valence-corrected chi connectivity index (χ4v) is 1.58. The van der Waals surface area contributed by atoms with E-state index in [1.165, 1.54) is 7.11 Å². The summed E-state index contributed by atoms with van der Waals surface area (Å²) >= 11 is 0. The summed E-state index contributed by atoms with van der Waals surface area (Å²) in [5.41, 5.74) is 1.34. The molecule has 1 atom stereocenters. The zero-order valence-electron chi connectivity index (χ0n) is 12.5. The lowest BCUT2D eigenvalue weighted by molar-refractivity contribution is -0.143. The highest BCUT2D eigenvalue weighted by atomic mass is 16.5. The summed E-state index contributed by atoms with van der Waals surface area (Å²) in [7, 11) is 1.20. The van der Waals surface area contributed by atoms with Crippen LogP contribution < -0.4 is 5.32 Å². The third kappa shape index (κ3) is 5.53. The highest BCUT2D eigenvalue weighted by Gasteiger charge is 2.20. The first-order valence-corrected chi connectivity index (χ1v) is 6.68. The Balaban J connectivity index is 2.64. The summed E-state index contributed by atoms with van der Waals surface area (Å²) in [5, 5.41) is 11.5. The summed E-state index contributed by atoms with van der Waals surface area (Å²) in [6.45, 7) is 3.85. The van der Waals surface area contributed by atoms with Crippen molar-refractivity contribution in [2.24, 2.45) is 0 Å². The molecule has 6 heteroatoms. The van der Waals surface area contributed by atoms with E-state index in [-0.39, 0.29) is 6.10 Å². The average Bonchev–Trinajstić information content (AvgIpc) is 2.50. The normalized spacial score (nSPS) is 12.0. The smallest absolute Gasteiger partial charge is 0.330 e. The molecule has 0 aliphatic heterocycles. The minimum atomic E-state index is -1.06. The monoisotopic (exact) mass is 295 g/mol. The Hall–Kier alpha value is -1.92. The van der Waals surface area contributed by atoms with Crippen LogP contribution >= 0.6 is 0 Å². The molecule has 1 aromatic carbocycles. The van der Waals surface area contributed by atoms with Gasteiger partial charge in [0.05, 0.1) is 26.4 Å². The summed E-state index contributed by atoms with van der Waals surface area (Å²) in [5.74, 6) is -1.14. The maximum Gasteiger partial charge on any atom is 0.330 e. The number of nitrogens with one attached hydrogen (secondary N) is 1. The van der Waals surface area contributed by atoms with Gasteiger partial charge >= 0.3 is 5.97 Å². The number of hydrogen-bond donors (Lipinski definition) is 2. The highest BCUT2D eigenvalue weighted by Crippen LogP contribution is 2.07. The fourth-order valence-electron chi connectivity index (χ4n) is 1.58. The van der Waals surface area contributed by atoms with Gasteiger partial charge in [-0.1, -0.05) is 12.1 Å². The molecule has 0 aliphatic carbocycles. The summed E-state index contributed by atoms with van der Waals surface area (Å²) < 4.78 is 9.94. The summed E-state index contributed by atoms with van der Waals surface area (Å²) in [6, 6.07) is 5.78. The van der Waals surface area contributed by atoms with Crippen LogP contribution in [0, 0.1) is 0 Å². The van der Waals surface area contributed by atoms with Gasteiger partial charge in [-0.25, -0.2) is 4.79 Å². The van der Waals surface area contributed by atoms with Crippen molar-refractivity contribution >= 4 is 11.9 Å². The van der Waals surface area contributed by atoms with E-state index >= 15 is 0 Å². The van der Waals surface area contributed by atoms with Crippen LogP contribution in [0.25, 0.3) is 0 Å². The molecule has 1 aromatic rings. The quantitative estimate of drug-likeness (QED) is 0.729. The maximum absolute atomic E-state index is 12.0. The molecule has 0 heterocycles. The molecule has 0 aliphatic rings. The van der Waals surface area contributed by atoms with Gasteiger partial charge in [0.15, 0.2) is 6.04 Å². The minimum absolute atomic E-state index is 0.137. The third-order valence-corrected chi connectivity index (χ3v) is 2.77. The van der Waals surface area contributed by atoms with E-state index in [1.807, 2.05) is 13.8 Å². The Morgan fingerprint density at radius 2 is 1.86 bits per heavy atom. The van der Waals surface area contributed by atoms with Crippen LogP contribution in [0.5, 0.6) is 0 Å². The van der Waals surface area contributed by atoms with E-state index in [0.29, 0.717) is 12.2 Å². The van der Waals surface area contributed by atoms with E-state index in [0.717, 1.165) is 5.56 Å². The number of aliphatic hydroxyl groups is 1. The number of esters is 1. The second kappa shape index (κ2) is 8.39. The van der Waals surface area contributed by atoms with E-state index < -0.39 is 24.5 Å². The van der Waals surface area contributed by atoms with Crippen molar-refractivity contribution in [3.63, 3.8) is 0 Å². The predicted molar refractivity (Wildman–Crippen MR) is 76.7 cm³/mol. The molecule has 0 spiro atoms. The van der Waals surface area contributed by atoms with Crippen molar-refractivity contribution < 1.29 is 24.2 Å². The Morgan fingerprint density at radius 3 is 2.33 bits per heavy atom. The highest BCUT2D eigenvalue weighted by molar-refractivity contribution is 5.96. The lowest BCUT2D eigenvalue weighted by Crippen LogP contribution is -2.44. The van der Waals surface area contributed by atoms with E-state index in [1.54, 1.807) is 24.3 Å². The van der Waals surface area contributed by atoms with Crippen LogP contribution in [-0.4, -0.2) is 42.8 Å². The molecule has 0 saturated carbocycles. The molecule has 116 valence electrons. The molecular weight excluding hydrogens is 274 g/mol. The zero-order valence-corrected chi connectivity index (χ0v) is 12.5. The van der Waals surface area contributed by atoms with E-state index in [2.05, 4.69) is 10.1 Å². The summed E-state index contributed by atoms with van der Waals surface area (Å²) in [6.07, 6.45) is 0.137. The average molecular weight is 295 g/mol. The first-order valence-electron chi connectivity index (χ1n) is 6.68. The van der Waals surface area contributed by atoms with Crippen molar-refractivity contribution in [1.82, 2.24) is 5.32 Å². The van der Waals surface area contributed by atoms with Crippen molar-refractivity contribution in [2.45, 2.75) is 32.6 Å². The standard InChI is InChI=1S/C15H21NO5/c1-10(2)21-9-11-4-6-12(7-5-11)14(18)16-13(8-17)15(19)20-3/h4-7,10,13,17H,8-9H2,1-3H3,(H,16,18)/t13-/m0/s1. The van der Waals surface area contributed by atoms with Crippen molar-refractivity contribution in [2.75, 3.05) is 13.7 Å². The van der Waals surface area contributed by atoms with Gasteiger partial charge < -0.3 is 19.9 Å². The Bertz CT molecular complexity index is 469. The number of benzene rings is 1. The van der Waals surface area contributed by atoms with Gasteiger partial charge in [-0.05, 0) is 31.5 Å². The van der Waals surface area contributed by atoms with Gasteiger partial charge in [0, 0.05) is 5.56 Å². The lowest BCUT2D eigenvalue weighted by Gasteiger charge is -2.14. The molecular formula is C15H21NO5. The predicted octanol–water partition coefficient (Wildman–Crippen LogP) is 0.875. The van der Waals surface area contributed by atoms with Crippen molar-refractivity contribution in [3.8, 4) is 0 Å². The van der Waals surface area contributed by atoms with Crippen molar-refractivity contribution in [3.05, 3.63) is 35.4 Å². The first kappa shape index (κ1) is 17.1. The molecule has 21 heavy (non-hydrogen) atoms. The van der Waals surface area contributed by atoms with E-state index in [4.69, 9.17) is 9.84 Å². The van der Waals surface area contributed by atoms with Gasteiger partial charge in [0.25, 0.3) is 5.91 Å². The van der Waals surface area contributed by atoms with Crippen LogP contribution in [0.2, 0.25) is 0 Å². The fraction of sp³-hybridized carbons (Fsp3) is 0.467. The first-order chi connectivity index (χ1) is 9.97. The van der Waals surface area contributed by atoms with Crippen LogP contribution in [0.4, 0.5) is 0 Å². The number of aliphatic hydroxyl groups excluding tert-OH is 1. The third-order valence-electron chi connectivity index (χ3n) is 2.77. The van der Waals surface area contributed by atoms with Crippen LogP contribution in [0.1, 0.15) is 29.8 Å². The van der Waals surface area contributed by atoms with Gasteiger partial charge in [0.1, 0.15) is 0 Å². The number of hydrogen-bond acceptors (Lipinski definition) is 5. The van der Waals surface area contributed by atoms with E-state index in [9.17, 15) is 9.59 Å². The van der Waals surface area contributed by atoms with Gasteiger partial charge in [-0.3, -0.25) is 4.79 Å². The zero-order chi connectivity index (χ0) is 15.8. The Labute approximate surface area is 124 Å². The number of carbonyl (C=O) groups excluding carboxylic acids is 2. The second-order valence-corrected chi connectivity index (χ2v) is 4.79. The van der Waals surface area contributed by atoms with Gasteiger partial charge in [-0.2, -0.15) is 0 Å². The van der Waals surface area contributed by atoms with Gasteiger partial charge in [-0.15, -0.1) is 0 Å². The Morgan fingerprint density at radius 1 is 1.24 bits per heavy atom. The molecule has 6 nitrogen and oxygen atoms in total. The number of rotatable bonds is 7. The van der Waals surface area contributed by atoms with Crippen LogP contribution in [0.3, 0.4) is 0 Å².